The largest absolute Gasteiger partial charge is 0.393 e. The minimum atomic E-state index is -0.153. The van der Waals surface area contributed by atoms with Crippen LogP contribution in [0, 0.1) is 5.92 Å². The van der Waals surface area contributed by atoms with E-state index in [-0.39, 0.29) is 6.10 Å². The van der Waals surface area contributed by atoms with Gasteiger partial charge in [-0.15, -0.1) is 0 Å². The summed E-state index contributed by atoms with van der Waals surface area (Å²) in [5.74, 6) is 3.68. The Balaban J connectivity index is 1.66. The first-order chi connectivity index (χ1) is 10.3. The number of nitrogens with zero attached hydrogens (tertiary/aromatic N) is 2. The second-order valence-corrected chi connectivity index (χ2v) is 6.34. The minimum absolute atomic E-state index is 0.153. The van der Waals surface area contributed by atoms with Crippen molar-refractivity contribution in [3.8, 4) is 0 Å². The summed E-state index contributed by atoms with van der Waals surface area (Å²) in [6.07, 6.45) is 6.52. The highest BCUT2D eigenvalue weighted by Crippen LogP contribution is 2.39. The molecule has 1 heterocycles. The van der Waals surface area contributed by atoms with Gasteiger partial charge in [0.15, 0.2) is 0 Å². The van der Waals surface area contributed by atoms with Crippen molar-refractivity contribution in [1.82, 2.24) is 9.97 Å². The lowest BCUT2D eigenvalue weighted by molar-refractivity contribution is 0.138. The molecule has 5 heteroatoms. The summed E-state index contributed by atoms with van der Waals surface area (Å²) in [4.78, 5) is 9.26. The fourth-order valence-corrected chi connectivity index (χ4v) is 2.92. The number of hydrogen-bond donors (Lipinski definition) is 3. The number of rotatable bonds is 7. The van der Waals surface area contributed by atoms with Crippen LogP contribution in [-0.4, -0.2) is 34.3 Å². The van der Waals surface area contributed by atoms with E-state index in [1.165, 1.54) is 12.8 Å². The molecule has 0 aromatic carbocycles. The molecule has 3 N–H and O–H groups in total. The third kappa shape index (κ3) is 3.84. The molecule has 2 saturated carbocycles. The number of aromatic nitrogens is 2. The molecule has 5 nitrogen and oxygen atoms in total. The second kappa shape index (κ2) is 6.60. The molecule has 21 heavy (non-hydrogen) atoms. The average molecular weight is 290 g/mol. The fraction of sp³-hybridized carbons (Fsp3) is 0.750. The van der Waals surface area contributed by atoms with Crippen LogP contribution in [0.4, 0.5) is 11.6 Å². The molecule has 2 fully saturated rings. The van der Waals surface area contributed by atoms with Gasteiger partial charge in [0.05, 0.1) is 6.10 Å². The van der Waals surface area contributed by atoms with Crippen LogP contribution in [-0.2, 0) is 0 Å². The van der Waals surface area contributed by atoms with Crippen molar-refractivity contribution in [2.45, 2.75) is 57.5 Å². The molecule has 2 unspecified atom stereocenters. The first kappa shape index (κ1) is 14.6. The Morgan fingerprint density at radius 2 is 1.90 bits per heavy atom. The van der Waals surface area contributed by atoms with Crippen molar-refractivity contribution in [2.75, 3.05) is 23.7 Å². The van der Waals surface area contributed by atoms with E-state index < -0.39 is 0 Å². The van der Waals surface area contributed by atoms with Gasteiger partial charge >= 0.3 is 0 Å². The average Bonchev–Trinajstić information content (AvgIpc) is 3.26. The molecular formula is C16H26N4O. The van der Waals surface area contributed by atoms with E-state index in [2.05, 4.69) is 27.5 Å². The van der Waals surface area contributed by atoms with Gasteiger partial charge < -0.3 is 15.7 Å². The molecule has 0 saturated heterocycles. The van der Waals surface area contributed by atoms with Gasteiger partial charge in [-0.25, -0.2) is 9.97 Å². The summed E-state index contributed by atoms with van der Waals surface area (Å²) in [5, 5.41) is 16.7. The Labute approximate surface area is 126 Å². The Morgan fingerprint density at radius 1 is 1.14 bits per heavy atom. The zero-order valence-corrected chi connectivity index (χ0v) is 12.8. The Morgan fingerprint density at radius 3 is 2.52 bits per heavy atom. The Hall–Kier alpha value is -1.36. The number of aliphatic hydroxyl groups excluding tert-OH is 1. The molecule has 116 valence electrons. The number of aliphatic hydroxyl groups is 1. The lowest BCUT2D eigenvalue weighted by atomic mass is 10.1. The van der Waals surface area contributed by atoms with E-state index in [0.29, 0.717) is 11.8 Å². The second-order valence-electron chi connectivity index (χ2n) is 6.34. The quantitative estimate of drug-likeness (QED) is 0.720. The lowest BCUT2D eigenvalue weighted by Crippen LogP contribution is -2.22. The van der Waals surface area contributed by atoms with Crippen molar-refractivity contribution in [3.63, 3.8) is 0 Å². The summed E-state index contributed by atoms with van der Waals surface area (Å²) >= 11 is 0. The highest BCUT2D eigenvalue weighted by atomic mass is 16.3. The predicted octanol–water partition coefficient (Wildman–Crippen LogP) is 2.75. The van der Waals surface area contributed by atoms with Gasteiger partial charge in [0.1, 0.15) is 17.5 Å². The van der Waals surface area contributed by atoms with Crippen LogP contribution in [0.5, 0.6) is 0 Å². The van der Waals surface area contributed by atoms with Crippen LogP contribution < -0.4 is 10.6 Å². The molecule has 0 spiro atoms. The van der Waals surface area contributed by atoms with Crippen LogP contribution in [0.3, 0.4) is 0 Å². The summed E-state index contributed by atoms with van der Waals surface area (Å²) < 4.78 is 0. The number of hydrogen-bond acceptors (Lipinski definition) is 5. The predicted molar refractivity (Wildman–Crippen MR) is 84.6 cm³/mol. The number of nitrogens with one attached hydrogen (secondary N) is 2. The maximum absolute atomic E-state index is 9.91. The summed E-state index contributed by atoms with van der Waals surface area (Å²) in [6.45, 7) is 3.88. The molecule has 1 aromatic rings. The van der Waals surface area contributed by atoms with E-state index in [1.54, 1.807) is 0 Å². The Bertz CT molecular complexity index is 475. The van der Waals surface area contributed by atoms with Crippen LogP contribution in [0.15, 0.2) is 6.07 Å². The molecule has 2 atom stereocenters. The van der Waals surface area contributed by atoms with Crippen molar-refractivity contribution in [1.29, 1.82) is 0 Å². The highest BCUT2D eigenvalue weighted by molar-refractivity contribution is 5.48. The third-order valence-electron chi connectivity index (χ3n) is 4.41. The van der Waals surface area contributed by atoms with Gasteiger partial charge in [-0.3, -0.25) is 0 Å². The zero-order valence-electron chi connectivity index (χ0n) is 12.8. The van der Waals surface area contributed by atoms with Crippen molar-refractivity contribution in [2.24, 2.45) is 5.92 Å². The summed E-state index contributed by atoms with van der Waals surface area (Å²) in [6, 6.07) is 1.99. The van der Waals surface area contributed by atoms with Crippen LogP contribution in [0.2, 0.25) is 0 Å². The van der Waals surface area contributed by atoms with Crippen LogP contribution >= 0.6 is 0 Å². The number of anilines is 2. The molecule has 0 amide bonds. The smallest absolute Gasteiger partial charge is 0.136 e. The lowest BCUT2D eigenvalue weighted by Gasteiger charge is -2.16. The molecule has 0 aliphatic heterocycles. The molecule has 0 bridgehead atoms. The van der Waals surface area contributed by atoms with Gasteiger partial charge in [-0.1, -0.05) is 13.3 Å². The van der Waals surface area contributed by atoms with Crippen molar-refractivity contribution in [3.05, 3.63) is 11.9 Å². The molecule has 2 aliphatic carbocycles. The first-order valence-corrected chi connectivity index (χ1v) is 8.31. The summed E-state index contributed by atoms with van der Waals surface area (Å²) in [7, 11) is 0. The standard InChI is InChI=1S/C16H26N4O/c1-2-8-17-14-9-15(20-16(19-14)11-6-7-11)18-10-12-4-3-5-13(12)21/h9,11-13,21H,2-8,10H2,1H3,(H2,17,18,19,20). The maximum atomic E-state index is 9.91. The third-order valence-corrected chi connectivity index (χ3v) is 4.41. The Kier molecular flexibility index (Phi) is 4.58. The van der Waals surface area contributed by atoms with Gasteiger partial charge in [0.2, 0.25) is 0 Å². The van der Waals surface area contributed by atoms with Gasteiger partial charge in [-0.2, -0.15) is 0 Å². The zero-order chi connectivity index (χ0) is 14.7. The van der Waals surface area contributed by atoms with Gasteiger partial charge in [-0.05, 0) is 32.1 Å². The van der Waals surface area contributed by atoms with Crippen molar-refractivity contribution < 1.29 is 5.11 Å². The van der Waals surface area contributed by atoms with Gasteiger partial charge in [0, 0.05) is 31.0 Å². The van der Waals surface area contributed by atoms with E-state index >= 15 is 0 Å². The monoisotopic (exact) mass is 290 g/mol. The normalized spacial score (nSPS) is 25.0. The van der Waals surface area contributed by atoms with E-state index in [0.717, 1.165) is 56.2 Å². The van der Waals surface area contributed by atoms with Crippen LogP contribution in [0.1, 0.15) is 57.2 Å². The highest BCUT2D eigenvalue weighted by Gasteiger charge is 2.28. The van der Waals surface area contributed by atoms with E-state index in [4.69, 9.17) is 0 Å². The van der Waals surface area contributed by atoms with Crippen LogP contribution in [0.25, 0.3) is 0 Å². The van der Waals surface area contributed by atoms with Crippen molar-refractivity contribution >= 4 is 11.6 Å². The minimum Gasteiger partial charge on any atom is -0.393 e. The molecule has 3 rings (SSSR count). The topological polar surface area (TPSA) is 70.1 Å². The molecule has 1 aromatic heterocycles. The first-order valence-electron chi connectivity index (χ1n) is 8.31. The summed E-state index contributed by atoms with van der Waals surface area (Å²) in [5.41, 5.74) is 0. The maximum Gasteiger partial charge on any atom is 0.136 e. The van der Waals surface area contributed by atoms with E-state index in [9.17, 15) is 5.11 Å². The molecule has 0 radical (unpaired) electrons. The fourth-order valence-electron chi connectivity index (χ4n) is 2.92. The molecule has 2 aliphatic rings. The van der Waals surface area contributed by atoms with E-state index in [1.807, 2.05) is 6.07 Å². The SMILES string of the molecule is CCCNc1cc(NCC2CCCC2O)nc(C2CC2)n1. The van der Waals surface area contributed by atoms with Gasteiger partial charge in [0.25, 0.3) is 0 Å². The molecular weight excluding hydrogens is 264 g/mol.